The van der Waals surface area contributed by atoms with E-state index in [1.54, 1.807) is 97.1 Å². The standard InChI is InChI=1S/C26H24ClF3NOP/c1-20(2)18-24(32,26(28,29)30)25(27,19-31)33(21-12-6-3-7-13-21,22-14-8-4-9-15-22)23-16-10-5-11-17-23/h3-17,20H,18H2,1-2H3. The zero-order valence-electron chi connectivity index (χ0n) is 18.3. The van der Waals surface area contributed by atoms with Gasteiger partial charge in [-0.1, -0.05) is 80.0 Å². The first-order valence-electron chi connectivity index (χ1n) is 10.5. The zero-order valence-corrected chi connectivity index (χ0v) is 19.9. The number of hydrogen-bond donors (Lipinski definition) is 0. The van der Waals surface area contributed by atoms with Crippen LogP contribution in [-0.4, -0.2) is 16.4 Å². The Hall–Kier alpha value is -2.38. The van der Waals surface area contributed by atoms with Crippen LogP contribution in [0.15, 0.2) is 91.0 Å². The first kappa shape index (κ1) is 25.2. The Bertz CT molecular complexity index is 1010. The van der Waals surface area contributed by atoms with Crippen molar-refractivity contribution in [1.82, 2.24) is 0 Å². The van der Waals surface area contributed by atoms with E-state index in [1.165, 1.54) is 13.8 Å². The lowest BCUT2D eigenvalue weighted by atomic mass is 9.88. The number of nitriles is 1. The Morgan fingerprint density at radius 3 is 1.39 bits per heavy atom. The maximum absolute atomic E-state index is 14.7. The molecule has 3 aromatic rings. The highest BCUT2D eigenvalue weighted by molar-refractivity contribution is 7.98. The summed E-state index contributed by atoms with van der Waals surface area (Å²) in [6.45, 7) is 3.06. The first-order chi connectivity index (χ1) is 15.5. The van der Waals surface area contributed by atoms with Gasteiger partial charge >= 0.3 is 6.18 Å². The van der Waals surface area contributed by atoms with E-state index in [1.807, 2.05) is 0 Å². The molecule has 0 radical (unpaired) electrons. The van der Waals surface area contributed by atoms with Crippen molar-refractivity contribution in [3.63, 3.8) is 0 Å². The van der Waals surface area contributed by atoms with Crippen LogP contribution in [0.25, 0.3) is 0 Å². The Labute approximate surface area is 198 Å². The van der Waals surface area contributed by atoms with Crippen LogP contribution in [0.4, 0.5) is 13.2 Å². The summed E-state index contributed by atoms with van der Waals surface area (Å²) in [6.07, 6.45) is -6.10. The molecule has 7 heteroatoms. The van der Waals surface area contributed by atoms with Crippen LogP contribution in [0.1, 0.15) is 20.3 Å². The van der Waals surface area contributed by atoms with Gasteiger partial charge < -0.3 is 5.11 Å². The number of alkyl halides is 4. The third-order valence-electron chi connectivity index (χ3n) is 5.73. The number of rotatable bonds is 7. The second-order valence-electron chi connectivity index (χ2n) is 8.33. The summed E-state index contributed by atoms with van der Waals surface area (Å²) < 4.78 is 41.2. The topological polar surface area (TPSA) is 46.8 Å². The molecule has 0 fully saturated rings. The molecule has 0 amide bonds. The molecule has 0 saturated carbocycles. The summed E-state index contributed by atoms with van der Waals surface area (Å²) in [7, 11) is -3.68. The maximum Gasteiger partial charge on any atom is 0.386 e. The molecule has 0 heterocycles. The van der Waals surface area contributed by atoms with Gasteiger partial charge in [0.15, 0.2) is 0 Å². The molecule has 0 aliphatic heterocycles. The summed E-state index contributed by atoms with van der Waals surface area (Å²) >= 11 is 6.94. The molecule has 2 atom stereocenters. The molecule has 2 nitrogen and oxygen atoms in total. The fourth-order valence-corrected chi connectivity index (χ4v) is 10.2. The van der Waals surface area contributed by atoms with E-state index in [4.69, 9.17) is 11.6 Å². The van der Waals surface area contributed by atoms with E-state index in [9.17, 15) is 23.5 Å². The highest BCUT2D eigenvalue weighted by atomic mass is 35.5. The SMILES string of the molecule is CC(C)CC([O-])(C(F)(F)F)C(Cl)(C#N)[P+](c1ccccc1)(c1ccccc1)c1ccccc1. The third kappa shape index (κ3) is 4.06. The van der Waals surface area contributed by atoms with Gasteiger partial charge in [-0.05, 0) is 48.7 Å². The van der Waals surface area contributed by atoms with Gasteiger partial charge in [-0.2, -0.15) is 18.4 Å². The van der Waals surface area contributed by atoms with Crippen LogP contribution in [-0.2, 0) is 0 Å². The van der Waals surface area contributed by atoms with Gasteiger partial charge in [-0.25, -0.2) is 0 Å². The number of hydrogen-bond acceptors (Lipinski definition) is 2. The highest BCUT2D eigenvalue weighted by Gasteiger charge is 2.74. The summed E-state index contributed by atoms with van der Waals surface area (Å²) in [5.74, 6) is -0.639. The second-order valence-corrected chi connectivity index (χ2v) is 12.7. The normalized spacial score (nSPS) is 16.0. The maximum atomic E-state index is 14.7. The lowest BCUT2D eigenvalue weighted by Crippen LogP contribution is -2.71. The van der Waals surface area contributed by atoms with Gasteiger partial charge in [0.05, 0.1) is 5.60 Å². The largest absolute Gasteiger partial charge is 0.838 e. The number of halogens is 4. The van der Waals surface area contributed by atoms with E-state index < -0.39 is 36.0 Å². The summed E-state index contributed by atoms with van der Waals surface area (Å²) in [5.41, 5.74) is -3.74. The minimum absolute atomic E-state index is 0.437. The van der Waals surface area contributed by atoms with Crippen molar-refractivity contribution in [2.75, 3.05) is 0 Å². The predicted molar refractivity (Wildman–Crippen MR) is 128 cm³/mol. The van der Waals surface area contributed by atoms with Crippen molar-refractivity contribution in [2.24, 2.45) is 5.92 Å². The van der Waals surface area contributed by atoms with E-state index in [2.05, 4.69) is 0 Å². The molecule has 0 bridgehead atoms. The molecule has 0 aromatic heterocycles. The van der Waals surface area contributed by atoms with Crippen molar-refractivity contribution in [2.45, 2.75) is 36.7 Å². The second kappa shape index (κ2) is 9.47. The molecule has 0 saturated heterocycles. The predicted octanol–water partition coefficient (Wildman–Crippen LogP) is 5.15. The Kier molecular flexibility index (Phi) is 7.24. The molecule has 0 N–H and O–H groups in total. The van der Waals surface area contributed by atoms with E-state index >= 15 is 0 Å². The molecule has 33 heavy (non-hydrogen) atoms. The lowest BCUT2D eigenvalue weighted by molar-refractivity contribution is -0.543. The van der Waals surface area contributed by atoms with Crippen LogP contribution in [0, 0.1) is 17.2 Å². The molecular weight excluding hydrogens is 466 g/mol. The molecule has 0 aliphatic rings. The van der Waals surface area contributed by atoms with Crippen LogP contribution >= 0.6 is 18.9 Å². The minimum atomic E-state index is -5.27. The van der Waals surface area contributed by atoms with Crippen molar-refractivity contribution in [3.8, 4) is 6.07 Å². The Balaban J connectivity index is 2.59. The Morgan fingerprint density at radius 2 is 1.15 bits per heavy atom. The smallest absolute Gasteiger partial charge is 0.386 e. The van der Waals surface area contributed by atoms with Crippen LogP contribution in [0.3, 0.4) is 0 Å². The molecule has 0 aliphatic carbocycles. The van der Waals surface area contributed by atoms with Crippen molar-refractivity contribution >= 4 is 34.8 Å². The van der Waals surface area contributed by atoms with Gasteiger partial charge in [-0.3, -0.25) is 0 Å². The van der Waals surface area contributed by atoms with E-state index in [0.29, 0.717) is 15.9 Å². The van der Waals surface area contributed by atoms with Gasteiger partial charge in [0.2, 0.25) is 4.62 Å². The van der Waals surface area contributed by atoms with E-state index in [-0.39, 0.29) is 0 Å². The molecule has 172 valence electrons. The third-order valence-corrected chi connectivity index (χ3v) is 11.5. The van der Waals surface area contributed by atoms with Gasteiger partial charge in [-0.15, -0.1) is 0 Å². The fourth-order valence-electron chi connectivity index (χ4n) is 4.39. The summed E-state index contributed by atoms with van der Waals surface area (Å²) in [6, 6.07) is 27.0. The average Bonchev–Trinajstić information content (AvgIpc) is 2.80. The molecule has 2 unspecified atom stereocenters. The van der Waals surface area contributed by atoms with Crippen molar-refractivity contribution in [3.05, 3.63) is 91.0 Å². The first-order valence-corrected chi connectivity index (χ1v) is 12.6. The van der Waals surface area contributed by atoms with Gasteiger partial charge in [0.1, 0.15) is 29.2 Å². The lowest BCUT2D eigenvalue weighted by Gasteiger charge is -2.53. The van der Waals surface area contributed by atoms with Crippen LogP contribution in [0.2, 0.25) is 0 Å². The zero-order chi connectivity index (χ0) is 24.3. The Morgan fingerprint density at radius 1 is 0.818 bits per heavy atom. The quantitative estimate of drug-likeness (QED) is 0.340. The van der Waals surface area contributed by atoms with Gasteiger partial charge in [0, 0.05) is 0 Å². The molecular formula is C26H24ClF3NOP. The molecule has 3 rings (SSSR count). The minimum Gasteiger partial charge on any atom is -0.838 e. The average molecular weight is 490 g/mol. The summed E-state index contributed by atoms with van der Waals surface area (Å²) in [5, 5.41) is 25.9. The monoisotopic (exact) mass is 489 g/mol. The van der Waals surface area contributed by atoms with Gasteiger partial charge in [0.25, 0.3) is 0 Å². The number of nitrogens with zero attached hydrogens (tertiary/aromatic N) is 1. The summed E-state index contributed by atoms with van der Waals surface area (Å²) in [4.78, 5) is 0. The molecule has 3 aromatic carbocycles. The fraction of sp³-hybridized carbons (Fsp3) is 0.269. The highest BCUT2D eigenvalue weighted by Crippen LogP contribution is 2.72. The van der Waals surface area contributed by atoms with Crippen LogP contribution in [0.5, 0.6) is 0 Å². The van der Waals surface area contributed by atoms with E-state index in [0.717, 1.165) is 0 Å². The number of benzene rings is 3. The van der Waals surface area contributed by atoms with Crippen molar-refractivity contribution in [1.29, 1.82) is 5.26 Å². The van der Waals surface area contributed by atoms with Crippen molar-refractivity contribution < 1.29 is 18.3 Å². The molecule has 0 spiro atoms. The van der Waals surface area contributed by atoms with Crippen LogP contribution < -0.4 is 21.0 Å².